The molecular formula is C26H38N6O3. The van der Waals surface area contributed by atoms with E-state index < -0.39 is 5.97 Å². The fraction of sp³-hybridized carbons (Fsp3) is 0.692. The average Bonchev–Trinajstić information content (AvgIpc) is 3.59. The van der Waals surface area contributed by atoms with Gasteiger partial charge in [0.1, 0.15) is 6.29 Å². The highest BCUT2D eigenvalue weighted by Gasteiger charge is 2.58. The van der Waals surface area contributed by atoms with Gasteiger partial charge in [-0.1, -0.05) is 18.6 Å². The zero-order chi connectivity index (χ0) is 24.0. The number of rotatable bonds is 5. The van der Waals surface area contributed by atoms with E-state index in [1.165, 1.54) is 24.8 Å². The quantitative estimate of drug-likeness (QED) is 0.376. The maximum atomic E-state index is 12.8. The lowest BCUT2D eigenvalue weighted by atomic mass is 9.76. The first-order chi connectivity index (χ1) is 17.0. The number of piperidine rings is 1. The molecule has 5 unspecified atom stereocenters. The summed E-state index contributed by atoms with van der Waals surface area (Å²) in [6.45, 7) is 2.84. The van der Waals surface area contributed by atoms with Gasteiger partial charge < -0.3 is 10.4 Å². The lowest BCUT2D eigenvalue weighted by Gasteiger charge is -2.49. The molecule has 1 amide bonds. The van der Waals surface area contributed by atoms with E-state index >= 15 is 0 Å². The van der Waals surface area contributed by atoms with Gasteiger partial charge in [-0.3, -0.25) is 30.5 Å². The first-order valence-electron chi connectivity index (χ1n) is 13.4. The standard InChI is InChI=1S/C26H38N6O3/c33-23-21-20(15-27-31-23)29-25(32-12-2-1-3-13-32)30-22(21)28-18-6-4-16(5-7-18)17-8-10-26(11-9-17)14-19(26)24(34)35/h4-7,17,19-22,25,27-30H,1-3,8-15H2,(H,31,33)(H,34,35). The van der Waals surface area contributed by atoms with Gasteiger partial charge in [-0.25, -0.2) is 5.43 Å². The topological polar surface area (TPSA) is 118 Å². The average molecular weight is 483 g/mol. The van der Waals surface area contributed by atoms with Crippen LogP contribution in [0.25, 0.3) is 0 Å². The van der Waals surface area contributed by atoms with E-state index in [0.29, 0.717) is 12.5 Å². The number of carbonyl (C=O) groups excluding carboxylic acids is 1. The Morgan fingerprint density at radius 2 is 1.80 bits per heavy atom. The van der Waals surface area contributed by atoms with Gasteiger partial charge in [0.15, 0.2) is 0 Å². The van der Waals surface area contributed by atoms with E-state index in [1.807, 2.05) is 0 Å². The molecule has 5 fully saturated rings. The van der Waals surface area contributed by atoms with Crippen LogP contribution in [0.2, 0.25) is 0 Å². The summed E-state index contributed by atoms with van der Waals surface area (Å²) in [5.74, 6) is -0.435. The molecule has 9 nitrogen and oxygen atoms in total. The molecule has 5 atom stereocenters. The molecule has 0 radical (unpaired) electrons. The van der Waals surface area contributed by atoms with Gasteiger partial charge in [-0.15, -0.1) is 0 Å². The summed E-state index contributed by atoms with van der Waals surface area (Å²) in [5.41, 5.74) is 8.27. The summed E-state index contributed by atoms with van der Waals surface area (Å²) in [5, 5.41) is 20.3. The molecule has 3 heterocycles. The fourth-order valence-electron chi connectivity index (χ4n) is 7.04. The molecule has 0 bridgehead atoms. The molecule has 9 heteroatoms. The Morgan fingerprint density at radius 1 is 1.06 bits per heavy atom. The number of hydrazine groups is 1. The highest BCUT2D eigenvalue weighted by Crippen LogP contribution is 2.63. The van der Waals surface area contributed by atoms with E-state index in [4.69, 9.17) is 0 Å². The number of aliphatic carboxylic acids is 1. The Morgan fingerprint density at radius 3 is 2.49 bits per heavy atom. The maximum absolute atomic E-state index is 12.8. The van der Waals surface area contributed by atoms with Crippen LogP contribution < -0.4 is 26.8 Å². The molecule has 1 aromatic rings. The highest BCUT2D eigenvalue weighted by molar-refractivity contribution is 5.81. The zero-order valence-electron chi connectivity index (χ0n) is 20.3. The maximum Gasteiger partial charge on any atom is 0.307 e. The summed E-state index contributed by atoms with van der Waals surface area (Å²) in [7, 11) is 0. The molecule has 2 saturated carbocycles. The third kappa shape index (κ3) is 4.55. The second-order valence-electron chi connectivity index (χ2n) is 11.3. The van der Waals surface area contributed by atoms with Crippen LogP contribution in [-0.2, 0) is 9.59 Å². The first kappa shape index (κ1) is 23.2. The molecular weight excluding hydrogens is 444 g/mol. The van der Waals surface area contributed by atoms with E-state index in [0.717, 1.165) is 50.9 Å². The van der Waals surface area contributed by atoms with Crippen LogP contribution >= 0.6 is 0 Å². The number of benzene rings is 1. The summed E-state index contributed by atoms with van der Waals surface area (Å²) in [6.07, 6.45) is 8.65. The molecule has 5 aliphatic rings. The predicted molar refractivity (Wildman–Crippen MR) is 132 cm³/mol. The molecule has 0 aromatic heterocycles. The molecule has 1 spiro atoms. The molecule has 35 heavy (non-hydrogen) atoms. The van der Waals surface area contributed by atoms with Crippen molar-refractivity contribution in [2.24, 2.45) is 17.3 Å². The van der Waals surface area contributed by atoms with Crippen LogP contribution in [0.5, 0.6) is 0 Å². The lowest BCUT2D eigenvalue weighted by molar-refractivity contribution is -0.139. The minimum atomic E-state index is -0.613. The van der Waals surface area contributed by atoms with E-state index in [-0.39, 0.29) is 41.7 Å². The Labute approximate surface area is 206 Å². The molecule has 2 aliphatic carbocycles. The summed E-state index contributed by atoms with van der Waals surface area (Å²) in [4.78, 5) is 26.6. The minimum Gasteiger partial charge on any atom is -0.481 e. The Hall–Kier alpha value is -2.20. The molecule has 190 valence electrons. The fourth-order valence-corrected chi connectivity index (χ4v) is 7.04. The van der Waals surface area contributed by atoms with Crippen molar-refractivity contribution >= 4 is 17.6 Å². The third-order valence-corrected chi connectivity index (χ3v) is 9.27. The van der Waals surface area contributed by atoms with Crippen LogP contribution in [0.15, 0.2) is 24.3 Å². The molecule has 3 saturated heterocycles. The first-order valence-corrected chi connectivity index (χ1v) is 13.4. The number of carboxylic acid groups (broad SMARTS) is 1. The van der Waals surface area contributed by atoms with Crippen molar-refractivity contribution in [3.05, 3.63) is 29.8 Å². The van der Waals surface area contributed by atoms with E-state index in [1.54, 1.807) is 0 Å². The van der Waals surface area contributed by atoms with Crippen molar-refractivity contribution in [2.45, 2.75) is 75.8 Å². The van der Waals surface area contributed by atoms with Gasteiger partial charge in [-0.2, -0.15) is 0 Å². The number of carbonyl (C=O) groups is 2. The van der Waals surface area contributed by atoms with Gasteiger partial charge in [0.25, 0.3) is 0 Å². The molecule has 6 N–H and O–H groups in total. The van der Waals surface area contributed by atoms with Crippen molar-refractivity contribution in [3.8, 4) is 0 Å². The van der Waals surface area contributed by atoms with Crippen LogP contribution in [0, 0.1) is 17.3 Å². The number of anilines is 1. The van der Waals surface area contributed by atoms with E-state index in [2.05, 4.69) is 56.0 Å². The van der Waals surface area contributed by atoms with Gasteiger partial charge in [-0.05, 0) is 74.0 Å². The van der Waals surface area contributed by atoms with Gasteiger partial charge in [0.05, 0.1) is 18.0 Å². The monoisotopic (exact) mass is 482 g/mol. The largest absolute Gasteiger partial charge is 0.481 e. The van der Waals surface area contributed by atoms with Crippen LogP contribution in [-0.4, -0.2) is 60.0 Å². The van der Waals surface area contributed by atoms with Crippen molar-refractivity contribution in [2.75, 3.05) is 25.0 Å². The Balaban J connectivity index is 1.11. The van der Waals surface area contributed by atoms with Gasteiger partial charge in [0.2, 0.25) is 5.91 Å². The number of nitrogens with zero attached hydrogens (tertiary/aromatic N) is 1. The molecule has 3 aliphatic heterocycles. The number of hydrogen-bond donors (Lipinski definition) is 6. The van der Waals surface area contributed by atoms with Crippen molar-refractivity contribution in [3.63, 3.8) is 0 Å². The van der Waals surface area contributed by atoms with Crippen LogP contribution in [0.3, 0.4) is 0 Å². The van der Waals surface area contributed by atoms with Crippen molar-refractivity contribution in [1.29, 1.82) is 0 Å². The van der Waals surface area contributed by atoms with Gasteiger partial charge >= 0.3 is 5.97 Å². The Bertz CT molecular complexity index is 941. The second-order valence-corrected chi connectivity index (χ2v) is 11.3. The lowest BCUT2D eigenvalue weighted by Crippen LogP contribution is -2.76. The predicted octanol–water partition coefficient (Wildman–Crippen LogP) is 1.75. The smallest absolute Gasteiger partial charge is 0.307 e. The number of amides is 1. The summed E-state index contributed by atoms with van der Waals surface area (Å²) in [6, 6.07) is 8.72. The third-order valence-electron chi connectivity index (χ3n) is 9.27. The summed E-state index contributed by atoms with van der Waals surface area (Å²) >= 11 is 0. The number of carboxylic acids is 1. The SMILES string of the molecule is O=C1NNCC2NC(N3CCCCC3)NC(Nc3ccc(C4CCC5(CC4)CC5C(=O)O)cc3)C12. The number of nitrogens with one attached hydrogen (secondary N) is 5. The van der Waals surface area contributed by atoms with Crippen LogP contribution in [0.4, 0.5) is 5.69 Å². The highest BCUT2D eigenvalue weighted by atomic mass is 16.4. The molecule has 1 aromatic carbocycles. The summed E-state index contributed by atoms with van der Waals surface area (Å²) < 4.78 is 0. The number of likely N-dealkylation sites (tertiary alicyclic amines) is 1. The normalized spacial score (nSPS) is 39.5. The van der Waals surface area contributed by atoms with Crippen molar-refractivity contribution < 1.29 is 14.7 Å². The number of hydrogen-bond acceptors (Lipinski definition) is 7. The zero-order valence-corrected chi connectivity index (χ0v) is 20.3. The second kappa shape index (κ2) is 9.35. The Kier molecular flexibility index (Phi) is 6.20. The number of fused-ring (bicyclic) bond motifs is 1. The molecule has 6 rings (SSSR count). The minimum absolute atomic E-state index is 0.00309. The van der Waals surface area contributed by atoms with Crippen molar-refractivity contribution in [1.82, 2.24) is 26.4 Å². The van der Waals surface area contributed by atoms with E-state index in [9.17, 15) is 14.7 Å². The van der Waals surface area contributed by atoms with Crippen LogP contribution in [0.1, 0.15) is 62.8 Å². The van der Waals surface area contributed by atoms with Gasteiger partial charge in [0, 0.05) is 31.4 Å².